The van der Waals surface area contributed by atoms with Crippen LogP contribution in [0.3, 0.4) is 0 Å². The largest absolute Gasteiger partial charge is 0.455 e. The Hall–Kier alpha value is -6.84. The van der Waals surface area contributed by atoms with Gasteiger partial charge in [0.25, 0.3) is 0 Å². The highest BCUT2D eigenvalue weighted by atomic mass is 16.3. The predicted molar refractivity (Wildman–Crippen MR) is 213 cm³/mol. The van der Waals surface area contributed by atoms with Crippen LogP contribution >= 0.6 is 0 Å². The van der Waals surface area contributed by atoms with Crippen molar-refractivity contribution in [3.63, 3.8) is 0 Å². The van der Waals surface area contributed by atoms with Crippen LogP contribution in [0.1, 0.15) is 0 Å². The molecular formula is C48H30N2O. The predicted octanol–water partition coefficient (Wildman–Crippen LogP) is 13.1. The van der Waals surface area contributed by atoms with E-state index in [4.69, 9.17) is 4.42 Å². The number of hydrogen-bond acceptors (Lipinski definition) is 1. The van der Waals surface area contributed by atoms with Gasteiger partial charge < -0.3 is 13.6 Å². The first-order chi connectivity index (χ1) is 25.3. The van der Waals surface area contributed by atoms with Crippen LogP contribution in [0, 0.1) is 0 Å². The molecule has 11 aromatic rings. The molecule has 0 spiro atoms. The highest BCUT2D eigenvalue weighted by molar-refractivity contribution is 6.29. The molecular weight excluding hydrogens is 621 g/mol. The summed E-state index contributed by atoms with van der Waals surface area (Å²) in [6.45, 7) is 0. The van der Waals surface area contributed by atoms with Crippen LogP contribution in [0.5, 0.6) is 0 Å². The summed E-state index contributed by atoms with van der Waals surface area (Å²) in [5, 5.41) is 6.89. The highest BCUT2D eigenvalue weighted by Crippen LogP contribution is 2.45. The van der Waals surface area contributed by atoms with E-state index >= 15 is 0 Å². The third kappa shape index (κ3) is 4.12. The van der Waals surface area contributed by atoms with E-state index in [1.165, 1.54) is 38.5 Å². The lowest BCUT2D eigenvalue weighted by Gasteiger charge is -2.14. The SMILES string of the molecule is c1ccc(-c2cc(-c3ccccc3)cc(-n3c4ccccc4c4c5oc6c(ccc7c6c6ccccc6n7-c6ccccc6)c5ccc43)c2)cc1. The lowest BCUT2D eigenvalue weighted by Crippen LogP contribution is -1.96. The van der Waals surface area contributed by atoms with Crippen molar-refractivity contribution in [2.45, 2.75) is 0 Å². The Bertz CT molecular complexity index is 3050. The Kier molecular flexibility index (Phi) is 5.96. The quantitative estimate of drug-likeness (QED) is 0.186. The molecule has 3 nitrogen and oxygen atoms in total. The van der Waals surface area contributed by atoms with Gasteiger partial charge in [0.1, 0.15) is 11.2 Å². The van der Waals surface area contributed by atoms with Gasteiger partial charge in [-0.2, -0.15) is 0 Å². The van der Waals surface area contributed by atoms with Crippen molar-refractivity contribution < 1.29 is 4.42 Å². The van der Waals surface area contributed by atoms with E-state index in [2.05, 4.69) is 191 Å². The van der Waals surface area contributed by atoms with Gasteiger partial charge in [-0.3, -0.25) is 0 Å². The van der Waals surface area contributed by atoms with Crippen molar-refractivity contribution in [2.75, 3.05) is 0 Å². The van der Waals surface area contributed by atoms with E-state index in [1.807, 2.05) is 0 Å². The number of benzene rings is 8. The molecule has 0 amide bonds. The molecule has 0 aliphatic rings. The van der Waals surface area contributed by atoms with E-state index in [9.17, 15) is 0 Å². The fourth-order valence-electron chi connectivity index (χ4n) is 8.26. The van der Waals surface area contributed by atoms with Crippen molar-refractivity contribution >= 4 is 65.6 Å². The van der Waals surface area contributed by atoms with Crippen molar-refractivity contribution in [1.29, 1.82) is 0 Å². The molecule has 0 saturated heterocycles. The minimum Gasteiger partial charge on any atom is -0.455 e. The van der Waals surface area contributed by atoms with Crippen LogP contribution in [0.15, 0.2) is 186 Å². The molecule has 0 aliphatic carbocycles. The van der Waals surface area contributed by atoms with Crippen LogP contribution in [0.25, 0.3) is 99.2 Å². The third-order valence-corrected chi connectivity index (χ3v) is 10.5. The van der Waals surface area contributed by atoms with E-state index in [-0.39, 0.29) is 0 Å². The van der Waals surface area contributed by atoms with Gasteiger partial charge >= 0.3 is 0 Å². The van der Waals surface area contributed by atoms with Gasteiger partial charge in [0.05, 0.1) is 32.8 Å². The molecule has 3 aromatic heterocycles. The average molecular weight is 651 g/mol. The fraction of sp³-hybridized carbons (Fsp3) is 0. The molecule has 0 atom stereocenters. The Labute approximate surface area is 293 Å². The van der Waals surface area contributed by atoms with E-state index in [0.717, 1.165) is 60.6 Å². The zero-order valence-corrected chi connectivity index (χ0v) is 27.6. The topological polar surface area (TPSA) is 23.0 Å². The number of rotatable bonds is 4. The maximum absolute atomic E-state index is 7.15. The highest BCUT2D eigenvalue weighted by Gasteiger charge is 2.22. The minimum atomic E-state index is 0.920. The standard InChI is InChI=1S/C48H30N2O/c1-4-14-31(15-5-1)33-28-34(32-16-6-2-7-17-32)30-36(29-33)50-42-23-13-11-21-40(42)46-44(50)27-25-38-37-24-26-43-45(47(37)51-48(38)46)39-20-10-12-22-41(39)49(43)35-18-8-3-9-19-35/h1-30H. The van der Waals surface area contributed by atoms with Gasteiger partial charge in [-0.1, -0.05) is 115 Å². The van der Waals surface area contributed by atoms with Crippen molar-refractivity contribution in [1.82, 2.24) is 9.13 Å². The second kappa shape index (κ2) is 10.8. The molecule has 0 bridgehead atoms. The van der Waals surface area contributed by atoms with Gasteiger partial charge in [0.15, 0.2) is 0 Å². The van der Waals surface area contributed by atoms with Crippen molar-refractivity contribution in [2.24, 2.45) is 0 Å². The monoisotopic (exact) mass is 650 g/mol. The second-order valence-electron chi connectivity index (χ2n) is 13.3. The van der Waals surface area contributed by atoms with Gasteiger partial charge in [-0.15, -0.1) is 0 Å². The zero-order chi connectivity index (χ0) is 33.5. The first-order valence-electron chi connectivity index (χ1n) is 17.4. The molecule has 0 radical (unpaired) electrons. The first kappa shape index (κ1) is 28.0. The number of fused-ring (bicyclic) bond motifs is 11. The molecule has 238 valence electrons. The van der Waals surface area contributed by atoms with Crippen LogP contribution < -0.4 is 0 Å². The smallest absolute Gasteiger partial charge is 0.145 e. The molecule has 3 heteroatoms. The maximum atomic E-state index is 7.15. The van der Waals surface area contributed by atoms with Crippen molar-refractivity contribution in [3.8, 4) is 33.6 Å². The van der Waals surface area contributed by atoms with E-state index < -0.39 is 0 Å². The third-order valence-electron chi connectivity index (χ3n) is 10.5. The first-order valence-corrected chi connectivity index (χ1v) is 17.4. The Morgan fingerprint density at radius 1 is 0.294 bits per heavy atom. The van der Waals surface area contributed by atoms with Gasteiger partial charge in [0.2, 0.25) is 0 Å². The summed E-state index contributed by atoms with van der Waals surface area (Å²) in [6, 6.07) is 65.3. The van der Waals surface area contributed by atoms with E-state index in [0.29, 0.717) is 0 Å². The molecule has 0 fully saturated rings. The number of furan rings is 1. The minimum absolute atomic E-state index is 0.920. The Morgan fingerprint density at radius 2 is 0.725 bits per heavy atom. The number of aromatic nitrogens is 2. The summed E-state index contributed by atoms with van der Waals surface area (Å²) >= 11 is 0. The molecule has 11 rings (SSSR count). The molecule has 3 heterocycles. The fourth-order valence-corrected chi connectivity index (χ4v) is 8.26. The second-order valence-corrected chi connectivity index (χ2v) is 13.3. The van der Waals surface area contributed by atoms with Crippen LogP contribution in [-0.2, 0) is 0 Å². The van der Waals surface area contributed by atoms with Gasteiger partial charge in [0, 0.05) is 32.9 Å². The normalized spacial score (nSPS) is 11.9. The molecule has 0 unspecified atom stereocenters. The summed E-state index contributed by atoms with van der Waals surface area (Å²) in [5.41, 5.74) is 13.4. The zero-order valence-electron chi connectivity index (χ0n) is 27.6. The summed E-state index contributed by atoms with van der Waals surface area (Å²) in [5.74, 6) is 0. The van der Waals surface area contributed by atoms with Crippen LogP contribution in [0.2, 0.25) is 0 Å². The Balaban J connectivity index is 1.23. The number of nitrogens with zero attached hydrogens (tertiary/aromatic N) is 2. The summed E-state index contributed by atoms with van der Waals surface area (Å²) in [6.07, 6.45) is 0. The van der Waals surface area contributed by atoms with Crippen LogP contribution in [0.4, 0.5) is 0 Å². The summed E-state index contributed by atoms with van der Waals surface area (Å²) in [7, 11) is 0. The van der Waals surface area contributed by atoms with Gasteiger partial charge in [-0.25, -0.2) is 0 Å². The lowest BCUT2D eigenvalue weighted by molar-refractivity contribution is 0.677. The van der Waals surface area contributed by atoms with Crippen LogP contribution in [-0.4, -0.2) is 9.13 Å². The summed E-state index contributed by atoms with van der Waals surface area (Å²) < 4.78 is 11.9. The van der Waals surface area contributed by atoms with Crippen molar-refractivity contribution in [3.05, 3.63) is 182 Å². The summed E-state index contributed by atoms with van der Waals surface area (Å²) in [4.78, 5) is 0. The maximum Gasteiger partial charge on any atom is 0.145 e. The van der Waals surface area contributed by atoms with Gasteiger partial charge in [-0.05, 0) is 89.0 Å². The molecule has 0 saturated carbocycles. The number of hydrogen-bond donors (Lipinski definition) is 0. The Morgan fingerprint density at radius 3 is 1.24 bits per heavy atom. The lowest BCUT2D eigenvalue weighted by atomic mass is 9.98. The molecule has 51 heavy (non-hydrogen) atoms. The average Bonchev–Trinajstić information content (AvgIpc) is 3.86. The van der Waals surface area contributed by atoms with E-state index in [1.54, 1.807) is 0 Å². The molecule has 0 N–H and O–H groups in total. The molecule has 8 aromatic carbocycles. The number of para-hydroxylation sites is 3. The molecule has 0 aliphatic heterocycles.